The lowest BCUT2D eigenvalue weighted by atomic mass is 9.87. The maximum Gasteiger partial charge on any atom is 0.342 e. The van der Waals surface area contributed by atoms with Crippen LogP contribution in [0.1, 0.15) is 33.0 Å². The number of carbonyl (C=O) groups excluding carboxylic acids is 2. The monoisotopic (exact) mass is 332 g/mol. The molecule has 0 fully saturated rings. The van der Waals surface area contributed by atoms with Crippen LogP contribution in [0.5, 0.6) is 5.75 Å². The second-order valence-corrected chi connectivity index (χ2v) is 6.10. The number of hydrogen-bond acceptors (Lipinski definition) is 4. The number of ether oxygens (including phenoxy) is 2. The number of esters is 1. The highest BCUT2D eigenvalue weighted by Crippen LogP contribution is 2.46. The first-order chi connectivity index (χ1) is 12.1. The van der Waals surface area contributed by atoms with E-state index in [1.807, 2.05) is 43.3 Å². The lowest BCUT2D eigenvalue weighted by Crippen LogP contribution is -2.13. The van der Waals surface area contributed by atoms with Gasteiger partial charge in [0.05, 0.1) is 0 Å². The summed E-state index contributed by atoms with van der Waals surface area (Å²) in [7, 11) is 0. The van der Waals surface area contributed by atoms with E-state index in [1.54, 1.807) is 18.2 Å². The Morgan fingerprint density at radius 3 is 2.76 bits per heavy atom. The number of rotatable bonds is 3. The third-order valence-corrected chi connectivity index (χ3v) is 4.45. The molecule has 1 heterocycles. The first kappa shape index (κ1) is 15.4. The smallest absolute Gasteiger partial charge is 0.342 e. The van der Waals surface area contributed by atoms with Gasteiger partial charge in [-0.05, 0) is 36.3 Å². The van der Waals surface area contributed by atoms with Gasteiger partial charge in [-0.2, -0.15) is 0 Å². The lowest BCUT2D eigenvalue weighted by molar-refractivity contribution is -0.115. The molecule has 0 radical (unpaired) electrons. The predicted octanol–water partition coefficient (Wildman–Crippen LogP) is 3.85. The van der Waals surface area contributed by atoms with Crippen LogP contribution in [0.25, 0.3) is 0 Å². The molecule has 1 aliphatic carbocycles. The molecule has 0 bridgehead atoms. The lowest BCUT2D eigenvalue weighted by Gasteiger charge is -2.12. The van der Waals surface area contributed by atoms with Gasteiger partial charge in [-0.3, -0.25) is 4.79 Å². The number of aryl methyl sites for hydroxylation is 1. The predicted molar refractivity (Wildman–Crippen MR) is 92.3 cm³/mol. The van der Waals surface area contributed by atoms with Crippen LogP contribution in [0.3, 0.4) is 0 Å². The van der Waals surface area contributed by atoms with Crippen molar-refractivity contribution in [1.29, 1.82) is 0 Å². The summed E-state index contributed by atoms with van der Waals surface area (Å²) in [5, 5.41) is 0. The largest absolute Gasteiger partial charge is 0.459 e. The molecule has 4 rings (SSSR count). The molecule has 0 amide bonds. The molecule has 4 heteroatoms. The highest BCUT2D eigenvalue weighted by molar-refractivity contribution is 6.02. The van der Waals surface area contributed by atoms with Crippen LogP contribution in [0.4, 0.5) is 0 Å². The van der Waals surface area contributed by atoms with Crippen LogP contribution in [-0.2, 0) is 16.1 Å². The molecule has 0 spiro atoms. The third-order valence-electron chi connectivity index (χ3n) is 4.45. The molecule has 4 nitrogen and oxygen atoms in total. The van der Waals surface area contributed by atoms with E-state index in [9.17, 15) is 9.59 Å². The van der Waals surface area contributed by atoms with Crippen LogP contribution < -0.4 is 4.74 Å². The number of hydrogen-bond donors (Lipinski definition) is 0. The first-order valence-corrected chi connectivity index (χ1v) is 8.09. The van der Waals surface area contributed by atoms with Gasteiger partial charge in [-0.15, -0.1) is 0 Å². The van der Waals surface area contributed by atoms with Gasteiger partial charge in [-0.1, -0.05) is 42.5 Å². The highest BCUT2D eigenvalue weighted by atomic mass is 16.5. The summed E-state index contributed by atoms with van der Waals surface area (Å²) in [6, 6.07) is 13.0. The maximum absolute atomic E-state index is 12.6. The Balaban J connectivity index is 1.65. The van der Waals surface area contributed by atoms with Crippen molar-refractivity contribution in [3.8, 4) is 5.75 Å². The Bertz CT molecular complexity index is 922. The van der Waals surface area contributed by atoms with Crippen molar-refractivity contribution in [3.05, 3.63) is 88.7 Å². The van der Waals surface area contributed by atoms with E-state index in [1.165, 1.54) is 6.08 Å². The van der Waals surface area contributed by atoms with E-state index < -0.39 is 11.9 Å². The molecule has 2 aliphatic rings. The molecule has 0 saturated carbocycles. The van der Waals surface area contributed by atoms with E-state index in [0.717, 1.165) is 16.7 Å². The molecule has 0 N–H and O–H groups in total. The minimum Gasteiger partial charge on any atom is -0.459 e. The SMILES string of the molecule is Cc1ccc(C(=O)OCc2ccccc2)c2c1C1C(=O)C=CC=C1O2. The summed E-state index contributed by atoms with van der Waals surface area (Å²) < 4.78 is 11.3. The molecule has 124 valence electrons. The number of allylic oxidation sites excluding steroid dienone is 4. The van der Waals surface area contributed by atoms with Crippen LogP contribution in [0.15, 0.2) is 66.5 Å². The number of benzene rings is 2. The third kappa shape index (κ3) is 2.66. The van der Waals surface area contributed by atoms with Gasteiger partial charge in [0.2, 0.25) is 0 Å². The van der Waals surface area contributed by atoms with E-state index in [4.69, 9.17) is 9.47 Å². The van der Waals surface area contributed by atoms with Crippen molar-refractivity contribution in [1.82, 2.24) is 0 Å². The van der Waals surface area contributed by atoms with Crippen molar-refractivity contribution in [2.45, 2.75) is 19.4 Å². The quantitative estimate of drug-likeness (QED) is 0.801. The van der Waals surface area contributed by atoms with E-state index in [-0.39, 0.29) is 12.4 Å². The Kier molecular flexibility index (Phi) is 3.73. The number of ketones is 1. The van der Waals surface area contributed by atoms with Crippen molar-refractivity contribution in [3.63, 3.8) is 0 Å². The van der Waals surface area contributed by atoms with Gasteiger partial charge < -0.3 is 9.47 Å². The summed E-state index contributed by atoms with van der Waals surface area (Å²) in [6.45, 7) is 2.10. The molecule has 0 saturated heterocycles. The maximum atomic E-state index is 12.6. The summed E-state index contributed by atoms with van der Waals surface area (Å²) in [5.41, 5.74) is 2.94. The molecule has 2 aromatic carbocycles. The summed E-state index contributed by atoms with van der Waals surface area (Å²) in [6.07, 6.45) is 4.97. The van der Waals surface area contributed by atoms with Crippen LogP contribution >= 0.6 is 0 Å². The fourth-order valence-electron chi connectivity index (χ4n) is 3.19. The van der Waals surface area contributed by atoms with E-state index in [2.05, 4.69) is 0 Å². The van der Waals surface area contributed by atoms with Crippen LogP contribution in [0, 0.1) is 6.92 Å². The highest BCUT2D eigenvalue weighted by Gasteiger charge is 2.39. The molecule has 1 aliphatic heterocycles. The zero-order chi connectivity index (χ0) is 17.4. The Morgan fingerprint density at radius 2 is 1.96 bits per heavy atom. The standard InChI is InChI=1S/C21H16O4/c1-13-10-11-15(21(23)24-12-14-6-3-2-4-7-14)20-18(13)19-16(22)8-5-9-17(19)25-20/h2-11,19H,12H2,1H3. The summed E-state index contributed by atoms with van der Waals surface area (Å²) in [4.78, 5) is 24.8. The fraction of sp³-hybridized carbons (Fsp3) is 0.143. The molecule has 25 heavy (non-hydrogen) atoms. The van der Waals surface area contributed by atoms with Gasteiger partial charge in [0, 0.05) is 5.56 Å². The van der Waals surface area contributed by atoms with Gasteiger partial charge in [0.15, 0.2) is 5.78 Å². The molecular weight excluding hydrogens is 316 g/mol. The zero-order valence-corrected chi connectivity index (χ0v) is 13.7. The second kappa shape index (κ2) is 6.06. The average molecular weight is 332 g/mol. The van der Waals surface area contributed by atoms with E-state index in [0.29, 0.717) is 17.1 Å². The molecule has 1 unspecified atom stereocenters. The van der Waals surface area contributed by atoms with Gasteiger partial charge in [0.25, 0.3) is 0 Å². The van der Waals surface area contributed by atoms with Crippen molar-refractivity contribution in [2.75, 3.05) is 0 Å². The fourth-order valence-corrected chi connectivity index (χ4v) is 3.19. The normalized spacial score (nSPS) is 17.4. The number of carbonyl (C=O) groups is 2. The molecule has 1 atom stereocenters. The minimum absolute atomic E-state index is 0.0332. The topological polar surface area (TPSA) is 52.6 Å². The molecule has 2 aromatic rings. The van der Waals surface area contributed by atoms with Gasteiger partial charge in [0.1, 0.15) is 29.6 Å². The van der Waals surface area contributed by atoms with Crippen LogP contribution in [-0.4, -0.2) is 11.8 Å². The van der Waals surface area contributed by atoms with Gasteiger partial charge >= 0.3 is 5.97 Å². The number of fused-ring (bicyclic) bond motifs is 3. The first-order valence-electron chi connectivity index (χ1n) is 8.09. The summed E-state index contributed by atoms with van der Waals surface area (Å²) >= 11 is 0. The van der Waals surface area contributed by atoms with Crippen molar-refractivity contribution < 1.29 is 19.1 Å². The van der Waals surface area contributed by atoms with Crippen molar-refractivity contribution in [2.24, 2.45) is 0 Å². The summed E-state index contributed by atoms with van der Waals surface area (Å²) in [5.74, 6) is 0.0519. The van der Waals surface area contributed by atoms with Crippen LogP contribution in [0.2, 0.25) is 0 Å². The van der Waals surface area contributed by atoms with Gasteiger partial charge in [-0.25, -0.2) is 4.79 Å². The zero-order valence-electron chi connectivity index (χ0n) is 13.7. The molecular formula is C21H16O4. The second-order valence-electron chi connectivity index (χ2n) is 6.10. The van der Waals surface area contributed by atoms with Crippen molar-refractivity contribution >= 4 is 11.8 Å². The van der Waals surface area contributed by atoms with E-state index >= 15 is 0 Å². The Labute approximate surface area is 145 Å². The Hall–Kier alpha value is -3.14. The minimum atomic E-state index is -0.459. The average Bonchev–Trinajstić information content (AvgIpc) is 3.02. The molecule has 0 aromatic heterocycles. The Morgan fingerprint density at radius 1 is 1.16 bits per heavy atom.